The number of benzene rings is 4. The summed E-state index contributed by atoms with van der Waals surface area (Å²) in [6.45, 7) is 1.37. The molecule has 0 fully saturated rings. The van der Waals surface area contributed by atoms with E-state index in [1.165, 1.54) is 7.11 Å². The molecule has 0 aliphatic carbocycles. The lowest BCUT2D eigenvalue weighted by Gasteiger charge is -2.13. The van der Waals surface area contributed by atoms with E-state index in [-0.39, 0.29) is 0 Å². The van der Waals surface area contributed by atoms with Crippen molar-refractivity contribution in [3.8, 4) is 16.3 Å². The number of methoxy groups -OCH3 is 1. The zero-order chi connectivity index (χ0) is 25.2. The largest absolute Gasteiger partial charge is 0.495 e. The van der Waals surface area contributed by atoms with Gasteiger partial charge in [-0.1, -0.05) is 54.1 Å². The molecule has 5 rings (SSSR count). The number of hydrogen-bond acceptors (Lipinski definition) is 6. The van der Waals surface area contributed by atoms with Gasteiger partial charge in [0.05, 0.1) is 28.6 Å². The summed E-state index contributed by atoms with van der Waals surface area (Å²) < 4.78 is 11.8. The first-order valence-corrected chi connectivity index (χ1v) is 12.3. The van der Waals surface area contributed by atoms with Crippen LogP contribution in [0.1, 0.15) is 15.9 Å². The van der Waals surface area contributed by atoms with E-state index < -0.39 is 18.5 Å². The molecule has 8 heteroatoms. The lowest BCUT2D eigenvalue weighted by atomic mass is 9.99. The molecule has 36 heavy (non-hydrogen) atoms. The van der Waals surface area contributed by atoms with Crippen LogP contribution in [0.25, 0.3) is 31.6 Å². The Labute approximate surface area is 216 Å². The minimum absolute atomic E-state index is 0.370. The van der Waals surface area contributed by atoms with E-state index in [1.807, 2.05) is 55.5 Å². The number of para-hydroxylation sites is 1. The number of thiazole rings is 1. The topological polar surface area (TPSA) is 77.5 Å². The smallest absolute Gasteiger partial charge is 0.339 e. The average Bonchev–Trinajstić information content (AvgIpc) is 3.32. The lowest BCUT2D eigenvalue weighted by molar-refractivity contribution is -0.119. The molecule has 0 saturated carbocycles. The van der Waals surface area contributed by atoms with E-state index in [1.54, 1.807) is 35.6 Å². The van der Waals surface area contributed by atoms with E-state index in [0.717, 1.165) is 37.1 Å². The number of hydrogen-bond donors (Lipinski definition) is 1. The van der Waals surface area contributed by atoms with Gasteiger partial charge in [-0.05, 0) is 42.1 Å². The summed E-state index contributed by atoms with van der Waals surface area (Å²) in [6.07, 6.45) is 0. The minimum atomic E-state index is -0.594. The van der Waals surface area contributed by atoms with Gasteiger partial charge in [0.15, 0.2) is 6.61 Å². The van der Waals surface area contributed by atoms with E-state index >= 15 is 0 Å². The molecule has 0 radical (unpaired) electrons. The van der Waals surface area contributed by atoms with Crippen LogP contribution in [0.2, 0.25) is 5.02 Å². The predicted molar refractivity (Wildman–Crippen MR) is 144 cm³/mol. The predicted octanol–water partition coefficient (Wildman–Crippen LogP) is 6.88. The number of rotatable bonds is 6. The Kier molecular flexibility index (Phi) is 6.59. The maximum atomic E-state index is 13.1. The van der Waals surface area contributed by atoms with Crippen LogP contribution in [0.4, 0.5) is 5.69 Å². The zero-order valence-corrected chi connectivity index (χ0v) is 21.1. The molecular formula is C28H21ClN2O4S. The van der Waals surface area contributed by atoms with Crippen molar-refractivity contribution < 1.29 is 19.1 Å². The molecule has 1 heterocycles. The molecule has 0 spiro atoms. The van der Waals surface area contributed by atoms with Crippen molar-refractivity contribution in [3.63, 3.8) is 0 Å². The van der Waals surface area contributed by atoms with E-state index in [0.29, 0.717) is 22.0 Å². The van der Waals surface area contributed by atoms with Crippen LogP contribution in [0, 0.1) is 6.92 Å². The first-order valence-electron chi connectivity index (χ1n) is 11.1. The molecule has 1 amide bonds. The Balaban J connectivity index is 1.41. The van der Waals surface area contributed by atoms with Gasteiger partial charge in [-0.3, -0.25) is 4.79 Å². The number of amides is 1. The lowest BCUT2D eigenvalue weighted by Crippen LogP contribution is -2.21. The molecule has 1 N–H and O–H groups in total. The fraction of sp³-hybridized carbons (Fsp3) is 0.107. The normalized spacial score (nSPS) is 11.0. The highest BCUT2D eigenvalue weighted by Crippen LogP contribution is 2.36. The fourth-order valence-corrected chi connectivity index (χ4v) is 5.15. The molecule has 0 unspecified atom stereocenters. The molecule has 0 atom stereocenters. The fourth-order valence-electron chi connectivity index (χ4n) is 4.00. The van der Waals surface area contributed by atoms with Crippen LogP contribution >= 0.6 is 22.9 Å². The van der Waals surface area contributed by atoms with E-state index in [2.05, 4.69) is 5.32 Å². The molecule has 0 aliphatic rings. The second-order valence-electron chi connectivity index (χ2n) is 8.12. The van der Waals surface area contributed by atoms with Gasteiger partial charge in [-0.25, -0.2) is 9.78 Å². The third kappa shape index (κ3) is 4.63. The van der Waals surface area contributed by atoms with Crippen molar-refractivity contribution in [2.24, 2.45) is 0 Å². The van der Waals surface area contributed by atoms with Gasteiger partial charge < -0.3 is 14.8 Å². The summed E-state index contributed by atoms with van der Waals surface area (Å²) in [6, 6.07) is 22.5. The van der Waals surface area contributed by atoms with Crippen LogP contribution in [0.3, 0.4) is 0 Å². The molecule has 0 saturated heterocycles. The number of nitrogens with zero attached hydrogens (tertiary/aromatic N) is 1. The number of carbonyl (C=O) groups excluding carboxylic acids is 2. The van der Waals surface area contributed by atoms with Crippen LogP contribution < -0.4 is 10.1 Å². The summed E-state index contributed by atoms with van der Waals surface area (Å²) in [4.78, 5) is 30.5. The van der Waals surface area contributed by atoms with Crippen LogP contribution in [0.5, 0.6) is 5.75 Å². The minimum Gasteiger partial charge on any atom is -0.495 e. The number of esters is 1. The number of halogens is 1. The Morgan fingerprint density at radius 2 is 1.81 bits per heavy atom. The Bertz CT molecular complexity index is 1590. The van der Waals surface area contributed by atoms with E-state index in [4.69, 9.17) is 26.1 Å². The maximum absolute atomic E-state index is 13.1. The average molecular weight is 517 g/mol. The van der Waals surface area contributed by atoms with Gasteiger partial charge in [0, 0.05) is 22.0 Å². The Morgan fingerprint density at radius 1 is 1.03 bits per heavy atom. The Morgan fingerprint density at radius 3 is 2.58 bits per heavy atom. The van der Waals surface area contributed by atoms with Gasteiger partial charge in [-0.15, -0.1) is 11.3 Å². The molecule has 0 aliphatic heterocycles. The highest BCUT2D eigenvalue weighted by atomic mass is 35.5. The molecule has 1 aromatic heterocycles. The summed E-state index contributed by atoms with van der Waals surface area (Å²) in [5.74, 6) is -0.668. The van der Waals surface area contributed by atoms with Gasteiger partial charge >= 0.3 is 5.97 Å². The quantitative estimate of drug-likeness (QED) is 0.249. The van der Waals surface area contributed by atoms with Crippen LogP contribution in [-0.4, -0.2) is 30.6 Å². The zero-order valence-electron chi connectivity index (χ0n) is 19.5. The molecule has 180 valence electrons. The van der Waals surface area contributed by atoms with Crippen molar-refractivity contribution in [2.45, 2.75) is 6.92 Å². The van der Waals surface area contributed by atoms with Crippen LogP contribution in [0.15, 0.2) is 72.8 Å². The van der Waals surface area contributed by atoms with Crippen LogP contribution in [-0.2, 0) is 9.53 Å². The van der Waals surface area contributed by atoms with Gasteiger partial charge in [0.1, 0.15) is 10.8 Å². The standard InChI is InChI=1S/C28H21ClN2O4S/c1-16-13-22(23(34-2)14-20(16)29)30-25(32)15-35-28(33)19-10-6-8-17-7-5-9-18(26(17)19)27-31-21-11-3-4-12-24(21)36-27/h3-14H,15H2,1-2H3,(H,30,32). The highest BCUT2D eigenvalue weighted by Gasteiger charge is 2.19. The third-order valence-corrected chi connectivity index (χ3v) is 7.21. The summed E-state index contributed by atoms with van der Waals surface area (Å²) in [5.41, 5.74) is 3.34. The summed E-state index contributed by atoms with van der Waals surface area (Å²) in [5, 5.41) is 5.67. The first kappa shape index (κ1) is 23.8. The second-order valence-corrected chi connectivity index (χ2v) is 9.56. The van der Waals surface area contributed by atoms with Gasteiger partial charge in [0.25, 0.3) is 5.91 Å². The number of ether oxygens (including phenoxy) is 2. The van der Waals surface area contributed by atoms with Gasteiger partial charge in [-0.2, -0.15) is 0 Å². The number of fused-ring (bicyclic) bond motifs is 2. The monoisotopic (exact) mass is 516 g/mol. The molecule has 5 aromatic rings. The van der Waals surface area contributed by atoms with E-state index in [9.17, 15) is 9.59 Å². The number of carbonyl (C=O) groups is 2. The van der Waals surface area contributed by atoms with Crippen molar-refractivity contribution in [1.29, 1.82) is 0 Å². The summed E-state index contributed by atoms with van der Waals surface area (Å²) in [7, 11) is 1.49. The first-order chi connectivity index (χ1) is 17.4. The van der Waals surface area contributed by atoms with Crippen molar-refractivity contribution in [2.75, 3.05) is 19.0 Å². The number of aromatic nitrogens is 1. The number of aryl methyl sites for hydroxylation is 1. The number of nitrogens with one attached hydrogen (secondary N) is 1. The van der Waals surface area contributed by atoms with Crippen molar-refractivity contribution in [3.05, 3.63) is 88.9 Å². The molecular weight excluding hydrogens is 496 g/mol. The molecule has 4 aromatic carbocycles. The molecule has 0 bridgehead atoms. The SMILES string of the molecule is COc1cc(Cl)c(C)cc1NC(=O)COC(=O)c1cccc2cccc(-c3nc4ccccc4s3)c12. The number of anilines is 1. The second kappa shape index (κ2) is 9.97. The maximum Gasteiger partial charge on any atom is 0.339 e. The van der Waals surface area contributed by atoms with Gasteiger partial charge in [0.2, 0.25) is 0 Å². The third-order valence-electron chi connectivity index (χ3n) is 5.74. The summed E-state index contributed by atoms with van der Waals surface area (Å²) >= 11 is 7.70. The van der Waals surface area contributed by atoms with Crippen molar-refractivity contribution >= 4 is 61.5 Å². The Hall–Kier alpha value is -3.94. The van der Waals surface area contributed by atoms with Crippen molar-refractivity contribution in [1.82, 2.24) is 4.98 Å². The molecule has 6 nitrogen and oxygen atoms in total. The highest BCUT2D eigenvalue weighted by molar-refractivity contribution is 7.21.